The van der Waals surface area contributed by atoms with Crippen molar-refractivity contribution in [1.82, 2.24) is 15.0 Å². The first-order valence-electron chi connectivity index (χ1n) is 7.16. The van der Waals surface area contributed by atoms with E-state index in [1.165, 1.54) is 6.08 Å². The minimum atomic E-state index is -0.743. The molecular weight excluding hydrogens is 294 g/mol. The smallest absolute Gasteiger partial charge is 0.259 e. The molecule has 7 nitrogen and oxygen atoms in total. The van der Waals surface area contributed by atoms with E-state index in [-0.39, 0.29) is 11.0 Å². The van der Waals surface area contributed by atoms with Gasteiger partial charge in [-0.25, -0.2) is 9.97 Å². The average molecular weight is 313 g/mol. The van der Waals surface area contributed by atoms with Crippen LogP contribution in [0.5, 0.6) is 5.88 Å². The highest BCUT2D eigenvalue weighted by molar-refractivity contribution is 5.95. The number of nitrogens with one attached hydrogen (secondary N) is 1. The van der Waals surface area contributed by atoms with E-state index in [2.05, 4.69) is 35.7 Å². The van der Waals surface area contributed by atoms with Gasteiger partial charge in [0.2, 0.25) is 5.88 Å². The van der Waals surface area contributed by atoms with Crippen molar-refractivity contribution in [3.63, 3.8) is 0 Å². The van der Waals surface area contributed by atoms with Crippen LogP contribution in [0.15, 0.2) is 24.0 Å². The van der Waals surface area contributed by atoms with Crippen LogP contribution in [-0.4, -0.2) is 27.5 Å². The average Bonchev–Trinajstić information content (AvgIpc) is 2.87. The summed E-state index contributed by atoms with van der Waals surface area (Å²) in [5, 5.41) is 8.85. The number of aromatic amines is 1. The van der Waals surface area contributed by atoms with Gasteiger partial charge in [-0.2, -0.15) is 5.26 Å². The minimum absolute atomic E-state index is 0.0174. The van der Waals surface area contributed by atoms with Crippen LogP contribution in [0, 0.1) is 16.7 Å². The molecule has 2 rings (SSSR count). The Morgan fingerprint density at radius 3 is 2.87 bits per heavy atom. The highest BCUT2D eigenvalue weighted by Gasteiger charge is 2.13. The molecule has 0 aliphatic rings. The molecule has 7 heteroatoms. The lowest BCUT2D eigenvalue weighted by Gasteiger charge is -2.17. The number of ether oxygens (including phenoxy) is 1. The zero-order valence-corrected chi connectivity index (χ0v) is 13.4. The van der Waals surface area contributed by atoms with Gasteiger partial charge >= 0.3 is 0 Å². The Labute approximate surface area is 134 Å². The Morgan fingerprint density at radius 2 is 2.26 bits per heavy atom. The molecular formula is C16H19N5O2. The predicted octanol–water partition coefficient (Wildman–Crippen LogP) is 1.86. The van der Waals surface area contributed by atoms with Gasteiger partial charge in [-0.3, -0.25) is 4.79 Å². The molecule has 0 fully saturated rings. The Kier molecular flexibility index (Phi) is 4.65. The predicted molar refractivity (Wildman–Crippen MR) is 85.4 cm³/mol. The number of nitrogens with zero attached hydrogens (tertiary/aromatic N) is 3. The van der Waals surface area contributed by atoms with E-state index in [1.54, 1.807) is 18.5 Å². The maximum Gasteiger partial charge on any atom is 0.259 e. The van der Waals surface area contributed by atoms with E-state index in [9.17, 15) is 4.79 Å². The number of primary amides is 1. The molecule has 0 unspecified atom stereocenters. The third-order valence-corrected chi connectivity index (χ3v) is 3.00. The maximum absolute atomic E-state index is 11.1. The number of hydrogen-bond donors (Lipinski definition) is 2. The highest BCUT2D eigenvalue weighted by Crippen LogP contribution is 2.20. The number of fused-ring (bicyclic) bond motifs is 1. The Bertz CT molecular complexity index is 793. The number of carbonyl (C=O) groups excluding carboxylic acids is 1. The summed E-state index contributed by atoms with van der Waals surface area (Å²) < 4.78 is 5.66. The monoisotopic (exact) mass is 313 g/mol. The zero-order valence-electron chi connectivity index (χ0n) is 13.4. The maximum atomic E-state index is 11.1. The van der Waals surface area contributed by atoms with Crippen LogP contribution in [0.4, 0.5) is 0 Å². The molecule has 0 aliphatic heterocycles. The number of amides is 1. The lowest BCUT2D eigenvalue weighted by Crippen LogP contribution is -2.17. The summed E-state index contributed by atoms with van der Waals surface area (Å²) in [6, 6.07) is 1.78. The molecule has 0 atom stereocenters. The molecule has 2 heterocycles. The Balaban J connectivity index is 2.25. The van der Waals surface area contributed by atoms with Crippen LogP contribution in [0.25, 0.3) is 11.2 Å². The molecule has 2 aromatic heterocycles. The fourth-order valence-corrected chi connectivity index (χ4v) is 1.86. The summed E-state index contributed by atoms with van der Waals surface area (Å²) in [5.41, 5.74) is 7.13. The number of H-pyrrole nitrogens is 1. The first-order chi connectivity index (χ1) is 10.8. The van der Waals surface area contributed by atoms with E-state index in [0.29, 0.717) is 30.1 Å². The van der Waals surface area contributed by atoms with Crippen molar-refractivity contribution in [3.8, 4) is 11.9 Å². The molecule has 0 aliphatic carbocycles. The summed E-state index contributed by atoms with van der Waals surface area (Å²) in [7, 11) is 0. The third kappa shape index (κ3) is 4.30. The molecule has 0 saturated carbocycles. The number of rotatable bonds is 5. The molecule has 0 saturated heterocycles. The van der Waals surface area contributed by atoms with Gasteiger partial charge in [0.15, 0.2) is 5.65 Å². The minimum Gasteiger partial charge on any atom is -0.476 e. The van der Waals surface area contributed by atoms with Gasteiger partial charge in [0.25, 0.3) is 5.91 Å². The standard InChI is InChI=1S/C16H19N5O2/c1-16(2,3)9-23-12-8-20-15-13(21-12)11(7-19-15)5-4-10(6-17)14(18)22/h4,7-8H,5,9H2,1-3H3,(H2,18,22)(H,19,20)/b10-4+. The summed E-state index contributed by atoms with van der Waals surface area (Å²) >= 11 is 0. The van der Waals surface area contributed by atoms with Crippen molar-refractivity contribution in [2.24, 2.45) is 11.1 Å². The van der Waals surface area contributed by atoms with E-state index in [4.69, 9.17) is 15.7 Å². The van der Waals surface area contributed by atoms with Gasteiger partial charge in [0, 0.05) is 11.8 Å². The topological polar surface area (TPSA) is 118 Å². The van der Waals surface area contributed by atoms with Crippen molar-refractivity contribution < 1.29 is 9.53 Å². The second-order valence-electron chi connectivity index (χ2n) is 6.37. The van der Waals surface area contributed by atoms with E-state index >= 15 is 0 Å². The molecule has 3 N–H and O–H groups in total. The quantitative estimate of drug-likeness (QED) is 0.645. The van der Waals surface area contributed by atoms with Gasteiger partial charge in [-0.15, -0.1) is 0 Å². The Hall–Kier alpha value is -2.88. The zero-order chi connectivity index (χ0) is 17.0. The van der Waals surface area contributed by atoms with Gasteiger partial charge < -0.3 is 15.5 Å². The lowest BCUT2D eigenvalue weighted by atomic mass is 9.99. The van der Waals surface area contributed by atoms with E-state index in [0.717, 1.165) is 5.56 Å². The first-order valence-corrected chi connectivity index (χ1v) is 7.16. The van der Waals surface area contributed by atoms with Crippen LogP contribution in [-0.2, 0) is 11.2 Å². The number of allylic oxidation sites excluding steroid dienone is 1. The molecule has 0 bridgehead atoms. The van der Waals surface area contributed by atoms with Crippen molar-refractivity contribution in [2.75, 3.05) is 6.61 Å². The number of carbonyl (C=O) groups is 1. The molecule has 2 aromatic rings. The summed E-state index contributed by atoms with van der Waals surface area (Å²) in [5.74, 6) is -0.305. The molecule has 1 amide bonds. The number of aromatic nitrogens is 3. The molecule has 0 radical (unpaired) electrons. The van der Waals surface area contributed by atoms with E-state index in [1.807, 2.05) is 0 Å². The number of hydrogen-bond acceptors (Lipinski definition) is 5. The fraction of sp³-hybridized carbons (Fsp3) is 0.375. The SMILES string of the molecule is CC(C)(C)COc1cnc2[nH]cc(C/C=C(\C#N)C(N)=O)c2n1. The van der Waals surface area contributed by atoms with Crippen molar-refractivity contribution >= 4 is 17.1 Å². The normalized spacial score (nSPS) is 12.2. The second-order valence-corrected chi connectivity index (χ2v) is 6.37. The second kappa shape index (κ2) is 6.48. The lowest BCUT2D eigenvalue weighted by molar-refractivity contribution is -0.114. The van der Waals surface area contributed by atoms with Gasteiger partial charge in [-0.05, 0) is 11.8 Å². The molecule has 0 aromatic carbocycles. The largest absolute Gasteiger partial charge is 0.476 e. The van der Waals surface area contributed by atoms with Crippen LogP contribution in [0.3, 0.4) is 0 Å². The van der Waals surface area contributed by atoms with Crippen molar-refractivity contribution in [2.45, 2.75) is 27.2 Å². The fourth-order valence-electron chi connectivity index (χ4n) is 1.86. The van der Waals surface area contributed by atoms with Gasteiger partial charge in [0.05, 0.1) is 12.8 Å². The number of nitriles is 1. The highest BCUT2D eigenvalue weighted by atomic mass is 16.5. The van der Waals surface area contributed by atoms with Crippen LogP contribution >= 0.6 is 0 Å². The van der Waals surface area contributed by atoms with E-state index < -0.39 is 5.91 Å². The van der Waals surface area contributed by atoms with Crippen LogP contribution < -0.4 is 10.5 Å². The van der Waals surface area contributed by atoms with Crippen LogP contribution in [0.1, 0.15) is 26.3 Å². The summed E-state index contributed by atoms with van der Waals surface area (Å²) in [4.78, 5) is 22.8. The van der Waals surface area contributed by atoms with Crippen molar-refractivity contribution in [1.29, 1.82) is 5.26 Å². The summed E-state index contributed by atoms with van der Waals surface area (Å²) in [6.07, 6.45) is 5.14. The summed E-state index contributed by atoms with van der Waals surface area (Å²) in [6.45, 7) is 6.73. The van der Waals surface area contributed by atoms with Gasteiger partial charge in [-0.1, -0.05) is 26.8 Å². The van der Waals surface area contributed by atoms with Crippen molar-refractivity contribution in [3.05, 3.63) is 29.6 Å². The van der Waals surface area contributed by atoms with Gasteiger partial charge in [0.1, 0.15) is 17.2 Å². The first kappa shape index (κ1) is 16.5. The number of nitrogens with two attached hydrogens (primary N) is 1. The molecule has 0 spiro atoms. The van der Waals surface area contributed by atoms with Crippen LogP contribution in [0.2, 0.25) is 0 Å². The molecule has 23 heavy (non-hydrogen) atoms. The Morgan fingerprint density at radius 1 is 1.52 bits per heavy atom. The molecule has 120 valence electrons. The third-order valence-electron chi connectivity index (χ3n) is 3.00.